The Morgan fingerprint density at radius 1 is 1.32 bits per heavy atom. The van der Waals surface area contributed by atoms with Gasteiger partial charge in [0.2, 0.25) is 5.70 Å². The molecule has 6 nitrogen and oxygen atoms in total. The van der Waals surface area contributed by atoms with E-state index < -0.39 is 0 Å². The van der Waals surface area contributed by atoms with E-state index in [9.17, 15) is 14.9 Å². The molecule has 0 radical (unpaired) electrons. The topological polar surface area (TPSA) is 72.7 Å². The van der Waals surface area contributed by atoms with Crippen molar-refractivity contribution >= 4 is 33.7 Å². The molecule has 0 unspecified atom stereocenters. The second kappa shape index (κ2) is 9.01. The molecule has 0 N–H and O–H groups in total. The molecule has 0 amide bonds. The van der Waals surface area contributed by atoms with E-state index in [-0.39, 0.29) is 16.6 Å². The number of anilines is 1. The molecule has 1 heterocycles. The van der Waals surface area contributed by atoms with E-state index in [4.69, 9.17) is 4.74 Å². The Morgan fingerprint density at radius 2 is 2.07 bits per heavy atom. The number of hydrogen-bond acceptors (Lipinski definition) is 5. The van der Waals surface area contributed by atoms with Gasteiger partial charge in [0, 0.05) is 30.6 Å². The third-order valence-electron chi connectivity index (χ3n) is 4.61. The second-order valence-corrected chi connectivity index (χ2v) is 7.50. The molecule has 0 atom stereocenters. The first kappa shape index (κ1) is 20.1. The van der Waals surface area contributed by atoms with Crippen molar-refractivity contribution in [2.24, 2.45) is 0 Å². The van der Waals surface area contributed by atoms with Gasteiger partial charge in [-0.25, -0.2) is 4.79 Å². The van der Waals surface area contributed by atoms with Crippen LogP contribution in [-0.4, -0.2) is 30.6 Å². The van der Waals surface area contributed by atoms with E-state index in [1.807, 2.05) is 30.3 Å². The third-order valence-corrected chi connectivity index (χ3v) is 5.22. The standard InChI is InChI=1S/C21H21BrN2O4/c1-15(24(26)27)12-16-13-18-8-10-23(20(18)19(22)14-16)9-5-11-28-21(25)17-6-3-2-4-7-17/h2-4,6-7,12-14H,5,8-11H2,1H3. The lowest BCUT2D eigenvalue weighted by molar-refractivity contribution is -0.422. The average Bonchev–Trinajstić information content (AvgIpc) is 3.09. The highest BCUT2D eigenvalue weighted by molar-refractivity contribution is 9.10. The molecule has 0 saturated heterocycles. The number of nitro groups is 1. The van der Waals surface area contributed by atoms with Crippen LogP contribution in [-0.2, 0) is 11.2 Å². The number of carbonyl (C=O) groups is 1. The zero-order valence-corrected chi connectivity index (χ0v) is 17.1. The molecule has 0 saturated carbocycles. The fourth-order valence-corrected chi connectivity index (χ4v) is 4.04. The maximum Gasteiger partial charge on any atom is 0.338 e. The monoisotopic (exact) mass is 444 g/mol. The van der Waals surface area contributed by atoms with Crippen molar-refractivity contribution in [2.45, 2.75) is 19.8 Å². The molecular weight excluding hydrogens is 424 g/mol. The van der Waals surface area contributed by atoms with Crippen LogP contribution in [0.25, 0.3) is 6.08 Å². The first-order chi connectivity index (χ1) is 13.5. The van der Waals surface area contributed by atoms with Gasteiger partial charge >= 0.3 is 5.97 Å². The lowest BCUT2D eigenvalue weighted by Gasteiger charge is -2.21. The predicted octanol–water partition coefficient (Wildman–Crippen LogP) is 4.70. The maximum absolute atomic E-state index is 12.0. The average molecular weight is 445 g/mol. The molecule has 1 aliphatic rings. The summed E-state index contributed by atoms with van der Waals surface area (Å²) in [5.74, 6) is -0.304. The number of halogens is 1. The molecule has 1 aliphatic heterocycles. The van der Waals surface area contributed by atoms with Crippen LogP contribution in [0.15, 0.2) is 52.6 Å². The van der Waals surface area contributed by atoms with Crippen LogP contribution in [0.1, 0.15) is 34.8 Å². The number of carbonyl (C=O) groups excluding carboxylic acids is 1. The smallest absolute Gasteiger partial charge is 0.338 e. The summed E-state index contributed by atoms with van der Waals surface area (Å²) >= 11 is 3.60. The third kappa shape index (κ3) is 4.78. The molecule has 0 fully saturated rings. The number of rotatable bonds is 7. The number of fused-ring (bicyclic) bond motifs is 1. The van der Waals surface area contributed by atoms with Crippen molar-refractivity contribution in [3.8, 4) is 0 Å². The van der Waals surface area contributed by atoms with E-state index in [2.05, 4.69) is 20.8 Å². The van der Waals surface area contributed by atoms with Gasteiger partial charge in [-0.3, -0.25) is 10.1 Å². The Morgan fingerprint density at radius 3 is 2.79 bits per heavy atom. The Labute approximate surface area is 172 Å². The van der Waals surface area contributed by atoms with E-state index in [0.717, 1.165) is 47.2 Å². The van der Waals surface area contributed by atoms with Gasteiger partial charge in [0.25, 0.3) is 0 Å². The van der Waals surface area contributed by atoms with Gasteiger partial charge in [0.1, 0.15) is 0 Å². The Bertz CT molecular complexity index is 912. The van der Waals surface area contributed by atoms with Gasteiger partial charge in [-0.2, -0.15) is 0 Å². The first-order valence-corrected chi connectivity index (χ1v) is 9.87. The molecule has 0 bridgehead atoms. The van der Waals surface area contributed by atoms with Gasteiger partial charge in [0.15, 0.2) is 0 Å². The maximum atomic E-state index is 12.0. The van der Waals surface area contributed by atoms with Crippen molar-refractivity contribution < 1.29 is 14.5 Å². The Balaban J connectivity index is 1.58. The molecule has 2 aromatic rings. The summed E-state index contributed by atoms with van der Waals surface area (Å²) in [5.41, 5.74) is 3.77. The fourth-order valence-electron chi connectivity index (χ4n) is 3.27. The molecule has 7 heteroatoms. The van der Waals surface area contributed by atoms with Crippen molar-refractivity contribution in [3.63, 3.8) is 0 Å². The van der Waals surface area contributed by atoms with Crippen LogP contribution < -0.4 is 4.90 Å². The number of ether oxygens (including phenoxy) is 1. The Kier molecular flexibility index (Phi) is 6.46. The molecule has 0 spiro atoms. The van der Waals surface area contributed by atoms with Crippen molar-refractivity contribution in [2.75, 3.05) is 24.6 Å². The lowest BCUT2D eigenvalue weighted by atomic mass is 10.1. The highest BCUT2D eigenvalue weighted by atomic mass is 79.9. The van der Waals surface area contributed by atoms with Gasteiger partial charge in [-0.05, 0) is 64.2 Å². The summed E-state index contributed by atoms with van der Waals surface area (Å²) in [6, 6.07) is 12.9. The molecule has 0 aliphatic carbocycles. The predicted molar refractivity (Wildman–Crippen MR) is 112 cm³/mol. The number of nitrogens with zero attached hydrogens (tertiary/aromatic N) is 2. The van der Waals surface area contributed by atoms with Crippen LogP contribution in [0.3, 0.4) is 0 Å². The van der Waals surface area contributed by atoms with E-state index in [1.54, 1.807) is 18.2 Å². The lowest BCUT2D eigenvalue weighted by Crippen LogP contribution is -2.23. The van der Waals surface area contributed by atoms with Gasteiger partial charge < -0.3 is 9.64 Å². The zero-order chi connectivity index (χ0) is 20.1. The van der Waals surface area contributed by atoms with Gasteiger partial charge in [-0.1, -0.05) is 18.2 Å². The van der Waals surface area contributed by atoms with E-state index >= 15 is 0 Å². The summed E-state index contributed by atoms with van der Waals surface area (Å²) in [7, 11) is 0. The van der Waals surface area contributed by atoms with Crippen LogP contribution >= 0.6 is 15.9 Å². The minimum atomic E-state index is -0.385. The SMILES string of the molecule is CC(=Cc1cc(Br)c2c(c1)CCN2CCCOC(=O)c1ccccc1)[N+](=O)[O-]. The molecular formula is C21H21BrN2O4. The number of allylic oxidation sites excluding steroid dienone is 1. The number of hydrogen-bond donors (Lipinski definition) is 0. The van der Waals surface area contributed by atoms with Crippen molar-refractivity contribution in [3.05, 3.63) is 79.4 Å². The second-order valence-electron chi connectivity index (χ2n) is 6.65. The molecule has 146 valence electrons. The summed E-state index contributed by atoms with van der Waals surface area (Å²) in [4.78, 5) is 24.7. The largest absolute Gasteiger partial charge is 0.462 e. The summed E-state index contributed by atoms with van der Waals surface area (Å²) in [5, 5.41) is 10.8. The van der Waals surface area contributed by atoms with Gasteiger partial charge in [-0.15, -0.1) is 0 Å². The summed E-state index contributed by atoms with van der Waals surface area (Å²) in [6.07, 6.45) is 3.19. The quantitative estimate of drug-likeness (QED) is 0.268. The van der Waals surface area contributed by atoms with E-state index in [0.29, 0.717) is 12.2 Å². The number of esters is 1. The summed E-state index contributed by atoms with van der Waals surface area (Å²) in [6.45, 7) is 3.50. The zero-order valence-electron chi connectivity index (χ0n) is 15.6. The normalized spacial score (nSPS) is 13.4. The molecule has 0 aromatic heterocycles. The van der Waals surface area contributed by atoms with Gasteiger partial charge in [0.05, 0.1) is 22.8 Å². The highest BCUT2D eigenvalue weighted by Crippen LogP contribution is 2.37. The van der Waals surface area contributed by atoms with Crippen molar-refractivity contribution in [1.29, 1.82) is 0 Å². The van der Waals surface area contributed by atoms with Crippen molar-refractivity contribution in [1.82, 2.24) is 0 Å². The number of benzene rings is 2. The fraction of sp³-hybridized carbons (Fsp3) is 0.286. The van der Waals surface area contributed by atoms with Crippen LogP contribution in [0, 0.1) is 10.1 Å². The Hall–Kier alpha value is -2.67. The van der Waals surface area contributed by atoms with Crippen LogP contribution in [0.2, 0.25) is 0 Å². The first-order valence-electron chi connectivity index (χ1n) is 9.08. The minimum absolute atomic E-state index is 0.113. The van der Waals surface area contributed by atoms with Crippen LogP contribution in [0.4, 0.5) is 5.69 Å². The molecule has 2 aromatic carbocycles. The minimum Gasteiger partial charge on any atom is -0.462 e. The van der Waals surface area contributed by atoms with Crippen LogP contribution in [0.5, 0.6) is 0 Å². The van der Waals surface area contributed by atoms with E-state index in [1.165, 1.54) is 6.92 Å². The molecule has 3 rings (SSSR count). The molecule has 28 heavy (non-hydrogen) atoms. The highest BCUT2D eigenvalue weighted by Gasteiger charge is 2.22. The summed E-state index contributed by atoms with van der Waals surface area (Å²) < 4.78 is 6.26.